The molecule has 1 aromatic rings. The van der Waals surface area contributed by atoms with E-state index < -0.39 is 0 Å². The van der Waals surface area contributed by atoms with E-state index in [0.29, 0.717) is 12.1 Å². The van der Waals surface area contributed by atoms with Gasteiger partial charge in [0.2, 0.25) is 0 Å². The van der Waals surface area contributed by atoms with Gasteiger partial charge in [0, 0.05) is 23.2 Å². The van der Waals surface area contributed by atoms with Crippen LogP contribution in [0.2, 0.25) is 0 Å². The zero-order valence-electron chi connectivity index (χ0n) is 8.35. The highest BCUT2D eigenvalue weighted by molar-refractivity contribution is 9.10. The van der Waals surface area contributed by atoms with Crippen LogP contribution >= 0.6 is 15.9 Å². The van der Waals surface area contributed by atoms with Gasteiger partial charge in [-0.15, -0.1) is 0 Å². The lowest BCUT2D eigenvalue weighted by atomic mass is 10.2. The van der Waals surface area contributed by atoms with Gasteiger partial charge in [0.1, 0.15) is 5.82 Å². The minimum Gasteiger partial charge on any atom is -0.300 e. The molecule has 0 fully saturated rings. The second-order valence-corrected chi connectivity index (χ2v) is 4.32. The summed E-state index contributed by atoms with van der Waals surface area (Å²) in [5.41, 5.74) is 0.682. The summed E-state index contributed by atoms with van der Waals surface area (Å²) in [6.45, 7) is 1.29. The average molecular weight is 261 g/mol. The maximum Gasteiger partial charge on any atom is 0.127 e. The predicted octanol–water partition coefficient (Wildman–Crippen LogP) is 2.20. The van der Waals surface area contributed by atoms with Gasteiger partial charge in [-0.25, -0.2) is 4.39 Å². The number of nitrogens with one attached hydrogen (secondary N) is 1. The van der Waals surface area contributed by atoms with Gasteiger partial charge in [0.05, 0.1) is 0 Å². The fourth-order valence-corrected chi connectivity index (χ4v) is 1.50. The van der Waals surface area contributed by atoms with Crippen LogP contribution in [0.4, 0.5) is 4.39 Å². The second-order valence-electron chi connectivity index (χ2n) is 3.40. The molecule has 2 nitrogen and oxygen atoms in total. The quantitative estimate of drug-likeness (QED) is 0.836. The Balaban J connectivity index is 2.53. The smallest absolute Gasteiger partial charge is 0.127 e. The molecule has 0 unspecified atom stereocenters. The molecule has 78 valence electrons. The van der Waals surface area contributed by atoms with E-state index in [2.05, 4.69) is 21.2 Å². The monoisotopic (exact) mass is 260 g/mol. The summed E-state index contributed by atoms with van der Waals surface area (Å²) >= 11 is 3.31. The third kappa shape index (κ3) is 3.74. The normalized spacial score (nSPS) is 10.9. The highest BCUT2D eigenvalue weighted by Gasteiger charge is 2.01. The van der Waals surface area contributed by atoms with Crippen LogP contribution in [-0.2, 0) is 6.54 Å². The maximum absolute atomic E-state index is 13.2. The number of hydrogen-bond acceptors (Lipinski definition) is 2. The first kappa shape index (κ1) is 11.6. The van der Waals surface area contributed by atoms with Crippen LogP contribution in [0.15, 0.2) is 22.7 Å². The number of benzene rings is 1. The number of halogens is 2. The first-order valence-electron chi connectivity index (χ1n) is 4.39. The molecule has 0 spiro atoms. The summed E-state index contributed by atoms with van der Waals surface area (Å²) in [4.78, 5) is 2.00. The molecule has 0 heterocycles. The standard InChI is InChI=1S/C10H14BrFN2/c1-14(2)7-13-6-8-5-9(11)3-4-10(8)12/h3-5,13H,6-7H2,1-2H3. The molecule has 0 saturated heterocycles. The van der Waals surface area contributed by atoms with Crippen molar-refractivity contribution in [1.82, 2.24) is 10.2 Å². The van der Waals surface area contributed by atoms with Crippen molar-refractivity contribution < 1.29 is 4.39 Å². The average Bonchev–Trinajstić information content (AvgIpc) is 2.10. The summed E-state index contributed by atoms with van der Waals surface area (Å²) in [7, 11) is 3.93. The Morgan fingerprint density at radius 3 is 2.79 bits per heavy atom. The van der Waals surface area contributed by atoms with Crippen LogP contribution in [0.25, 0.3) is 0 Å². The van der Waals surface area contributed by atoms with Gasteiger partial charge in [-0.1, -0.05) is 15.9 Å². The van der Waals surface area contributed by atoms with E-state index in [1.165, 1.54) is 6.07 Å². The summed E-state index contributed by atoms with van der Waals surface area (Å²) in [5.74, 6) is -0.167. The van der Waals surface area contributed by atoms with Crippen molar-refractivity contribution in [3.05, 3.63) is 34.1 Å². The van der Waals surface area contributed by atoms with Crippen molar-refractivity contribution in [2.45, 2.75) is 6.54 Å². The molecule has 1 rings (SSSR count). The van der Waals surface area contributed by atoms with E-state index in [0.717, 1.165) is 11.1 Å². The third-order valence-corrected chi connectivity index (χ3v) is 2.24. The van der Waals surface area contributed by atoms with E-state index in [4.69, 9.17) is 0 Å². The summed E-state index contributed by atoms with van der Waals surface area (Å²) < 4.78 is 14.1. The fraction of sp³-hybridized carbons (Fsp3) is 0.400. The Morgan fingerprint density at radius 1 is 1.43 bits per heavy atom. The highest BCUT2D eigenvalue weighted by atomic mass is 79.9. The molecule has 14 heavy (non-hydrogen) atoms. The van der Waals surface area contributed by atoms with Crippen molar-refractivity contribution >= 4 is 15.9 Å². The zero-order chi connectivity index (χ0) is 10.6. The first-order chi connectivity index (χ1) is 6.59. The van der Waals surface area contributed by atoms with Crippen molar-refractivity contribution in [2.75, 3.05) is 20.8 Å². The Morgan fingerprint density at radius 2 is 2.14 bits per heavy atom. The number of hydrogen-bond donors (Lipinski definition) is 1. The molecule has 4 heteroatoms. The summed E-state index contributed by atoms with van der Waals surface area (Å²) in [6.07, 6.45) is 0. The van der Waals surface area contributed by atoms with Crippen molar-refractivity contribution in [2.24, 2.45) is 0 Å². The van der Waals surface area contributed by atoms with Gasteiger partial charge >= 0.3 is 0 Å². The van der Waals surface area contributed by atoms with E-state index in [1.807, 2.05) is 19.0 Å². The lowest BCUT2D eigenvalue weighted by Gasteiger charge is -2.11. The van der Waals surface area contributed by atoms with Crippen molar-refractivity contribution in [3.8, 4) is 0 Å². The topological polar surface area (TPSA) is 15.3 Å². The van der Waals surface area contributed by atoms with Gasteiger partial charge in [-0.3, -0.25) is 4.90 Å². The molecule has 1 N–H and O–H groups in total. The van der Waals surface area contributed by atoms with Crippen LogP contribution in [0.3, 0.4) is 0 Å². The van der Waals surface area contributed by atoms with Crippen LogP contribution in [0.1, 0.15) is 5.56 Å². The lowest BCUT2D eigenvalue weighted by molar-refractivity contribution is 0.365. The predicted molar refractivity (Wildman–Crippen MR) is 59.5 cm³/mol. The summed E-state index contributed by atoms with van der Waals surface area (Å²) in [5, 5.41) is 3.13. The molecular formula is C10H14BrFN2. The summed E-state index contributed by atoms with van der Waals surface area (Å²) in [6, 6.07) is 4.96. The third-order valence-electron chi connectivity index (χ3n) is 1.75. The Bertz CT molecular complexity index is 302. The Kier molecular flexibility index (Phi) is 4.51. The SMILES string of the molecule is CN(C)CNCc1cc(Br)ccc1F. The van der Waals surface area contributed by atoms with E-state index in [1.54, 1.807) is 12.1 Å². The van der Waals surface area contributed by atoms with Gasteiger partial charge < -0.3 is 5.32 Å². The Hall–Kier alpha value is -0.450. The minimum absolute atomic E-state index is 0.167. The molecule has 0 atom stereocenters. The molecule has 0 bridgehead atoms. The number of rotatable bonds is 4. The maximum atomic E-state index is 13.2. The number of nitrogens with zero attached hydrogens (tertiary/aromatic N) is 1. The fourth-order valence-electron chi connectivity index (χ4n) is 1.09. The highest BCUT2D eigenvalue weighted by Crippen LogP contribution is 2.15. The van der Waals surface area contributed by atoms with Gasteiger partial charge in [0.25, 0.3) is 0 Å². The molecule has 0 aromatic heterocycles. The van der Waals surface area contributed by atoms with Crippen molar-refractivity contribution in [1.29, 1.82) is 0 Å². The van der Waals surface area contributed by atoms with Gasteiger partial charge in [0.15, 0.2) is 0 Å². The van der Waals surface area contributed by atoms with Gasteiger partial charge in [-0.05, 0) is 32.3 Å². The molecule has 0 aliphatic carbocycles. The molecule has 0 saturated carbocycles. The van der Waals surface area contributed by atoms with E-state index in [-0.39, 0.29) is 5.82 Å². The Labute approximate surface area is 92.2 Å². The van der Waals surface area contributed by atoms with Crippen LogP contribution in [-0.4, -0.2) is 25.7 Å². The molecule has 0 aliphatic rings. The van der Waals surface area contributed by atoms with E-state index in [9.17, 15) is 4.39 Å². The first-order valence-corrected chi connectivity index (χ1v) is 5.18. The van der Waals surface area contributed by atoms with E-state index >= 15 is 0 Å². The largest absolute Gasteiger partial charge is 0.300 e. The minimum atomic E-state index is -0.167. The molecule has 0 aliphatic heterocycles. The molecule has 0 radical (unpaired) electrons. The molecular weight excluding hydrogens is 247 g/mol. The lowest BCUT2D eigenvalue weighted by Crippen LogP contribution is -2.27. The van der Waals surface area contributed by atoms with Crippen LogP contribution in [0, 0.1) is 5.82 Å². The van der Waals surface area contributed by atoms with Crippen molar-refractivity contribution in [3.63, 3.8) is 0 Å². The van der Waals surface area contributed by atoms with Gasteiger partial charge in [-0.2, -0.15) is 0 Å². The van der Waals surface area contributed by atoms with Crippen LogP contribution in [0.5, 0.6) is 0 Å². The van der Waals surface area contributed by atoms with Crippen LogP contribution < -0.4 is 5.32 Å². The molecule has 1 aromatic carbocycles. The zero-order valence-corrected chi connectivity index (χ0v) is 9.94. The second kappa shape index (κ2) is 5.44. The molecule has 0 amide bonds.